The lowest BCUT2D eigenvalue weighted by molar-refractivity contribution is 0.230. The molecule has 0 aromatic carbocycles. The smallest absolute Gasteiger partial charge is 0.276 e. The first-order chi connectivity index (χ1) is 11.1. The SMILES string of the molecule is Cn1ncc(Br)c1OCCCOc1cc2c(=O)n(C)ccn2n1. The summed E-state index contributed by atoms with van der Waals surface area (Å²) in [5.41, 5.74) is 0.374. The number of hydrogen-bond donors (Lipinski definition) is 0. The van der Waals surface area contributed by atoms with Gasteiger partial charge in [-0.15, -0.1) is 5.10 Å². The summed E-state index contributed by atoms with van der Waals surface area (Å²) in [6.45, 7) is 0.937. The van der Waals surface area contributed by atoms with Crippen LogP contribution in [0.4, 0.5) is 0 Å². The summed E-state index contributed by atoms with van der Waals surface area (Å²) in [6, 6.07) is 1.64. The Morgan fingerprint density at radius 3 is 2.74 bits per heavy atom. The molecule has 3 heterocycles. The fourth-order valence-corrected chi connectivity index (χ4v) is 2.56. The molecule has 0 unspecified atom stereocenters. The third-order valence-corrected chi connectivity index (χ3v) is 3.85. The van der Waals surface area contributed by atoms with Crippen LogP contribution >= 0.6 is 15.9 Å². The highest BCUT2D eigenvalue weighted by molar-refractivity contribution is 9.10. The lowest BCUT2D eigenvalue weighted by atomic mass is 10.5. The number of ether oxygens (including phenoxy) is 2. The molecule has 0 N–H and O–H groups in total. The minimum atomic E-state index is -0.112. The van der Waals surface area contributed by atoms with Crippen molar-refractivity contribution in [2.24, 2.45) is 14.1 Å². The minimum Gasteiger partial charge on any atom is -0.477 e. The van der Waals surface area contributed by atoms with Crippen molar-refractivity contribution in [1.29, 1.82) is 0 Å². The Morgan fingerprint density at radius 1 is 1.22 bits per heavy atom. The molecule has 3 aromatic heterocycles. The fourth-order valence-electron chi connectivity index (χ4n) is 2.09. The maximum Gasteiger partial charge on any atom is 0.276 e. The Labute approximate surface area is 140 Å². The largest absolute Gasteiger partial charge is 0.477 e. The van der Waals surface area contributed by atoms with E-state index in [9.17, 15) is 4.79 Å². The molecule has 23 heavy (non-hydrogen) atoms. The monoisotopic (exact) mass is 381 g/mol. The molecular formula is C14H16BrN5O3. The van der Waals surface area contributed by atoms with Gasteiger partial charge < -0.3 is 14.0 Å². The quantitative estimate of drug-likeness (QED) is 0.602. The predicted octanol–water partition coefficient (Wildman–Crippen LogP) is 1.38. The topological polar surface area (TPSA) is 75.6 Å². The van der Waals surface area contributed by atoms with E-state index in [-0.39, 0.29) is 5.56 Å². The summed E-state index contributed by atoms with van der Waals surface area (Å²) in [7, 11) is 3.51. The van der Waals surface area contributed by atoms with Crippen LogP contribution in [0.5, 0.6) is 11.8 Å². The molecule has 0 atom stereocenters. The number of nitrogens with zero attached hydrogens (tertiary/aromatic N) is 5. The van der Waals surface area contributed by atoms with Gasteiger partial charge in [0.2, 0.25) is 11.8 Å². The van der Waals surface area contributed by atoms with Crippen LogP contribution in [0.1, 0.15) is 6.42 Å². The molecule has 3 rings (SSSR count). The number of fused-ring (bicyclic) bond motifs is 1. The zero-order valence-electron chi connectivity index (χ0n) is 12.8. The molecule has 8 nitrogen and oxygen atoms in total. The van der Waals surface area contributed by atoms with E-state index in [0.717, 1.165) is 4.47 Å². The Hall–Kier alpha value is -2.29. The van der Waals surface area contributed by atoms with E-state index in [2.05, 4.69) is 26.1 Å². The first-order valence-corrected chi connectivity index (χ1v) is 7.83. The Morgan fingerprint density at radius 2 is 2.00 bits per heavy atom. The maximum absolute atomic E-state index is 11.9. The Balaban J connectivity index is 1.53. The average molecular weight is 382 g/mol. The van der Waals surface area contributed by atoms with Crippen LogP contribution in [0.3, 0.4) is 0 Å². The van der Waals surface area contributed by atoms with Crippen LogP contribution in [0.15, 0.2) is 33.9 Å². The lowest BCUT2D eigenvalue weighted by Gasteiger charge is -2.07. The van der Waals surface area contributed by atoms with Crippen molar-refractivity contribution >= 4 is 21.4 Å². The second kappa shape index (κ2) is 6.45. The first-order valence-electron chi connectivity index (χ1n) is 7.04. The molecule has 0 saturated carbocycles. The molecule has 0 radical (unpaired) electrons. The van der Waals surface area contributed by atoms with Gasteiger partial charge in [-0.2, -0.15) is 5.10 Å². The third-order valence-electron chi connectivity index (χ3n) is 3.30. The van der Waals surface area contributed by atoms with Gasteiger partial charge in [0.15, 0.2) is 0 Å². The summed E-state index contributed by atoms with van der Waals surface area (Å²) < 4.78 is 16.7. The van der Waals surface area contributed by atoms with Crippen molar-refractivity contribution in [3.8, 4) is 11.8 Å². The Bertz CT molecular complexity index is 863. The summed E-state index contributed by atoms with van der Waals surface area (Å²) in [4.78, 5) is 11.9. The predicted molar refractivity (Wildman–Crippen MR) is 86.9 cm³/mol. The molecule has 122 valence electrons. The Kier molecular flexibility index (Phi) is 4.37. The first kappa shape index (κ1) is 15.6. The van der Waals surface area contributed by atoms with Crippen LogP contribution in [0.2, 0.25) is 0 Å². The van der Waals surface area contributed by atoms with Gasteiger partial charge >= 0.3 is 0 Å². The van der Waals surface area contributed by atoms with Gasteiger partial charge in [0.25, 0.3) is 5.56 Å². The van der Waals surface area contributed by atoms with Gasteiger partial charge in [-0.1, -0.05) is 0 Å². The molecular weight excluding hydrogens is 366 g/mol. The highest BCUT2D eigenvalue weighted by atomic mass is 79.9. The van der Waals surface area contributed by atoms with Crippen LogP contribution in [0, 0.1) is 0 Å². The number of aromatic nitrogens is 5. The van der Waals surface area contributed by atoms with Crippen LogP contribution in [-0.4, -0.2) is 37.2 Å². The van der Waals surface area contributed by atoms with E-state index >= 15 is 0 Å². The zero-order valence-corrected chi connectivity index (χ0v) is 14.4. The molecule has 0 spiro atoms. The normalized spacial score (nSPS) is 11.1. The van der Waals surface area contributed by atoms with E-state index in [4.69, 9.17) is 9.47 Å². The highest BCUT2D eigenvalue weighted by Gasteiger charge is 2.08. The van der Waals surface area contributed by atoms with Gasteiger partial charge in [0.1, 0.15) is 5.52 Å². The molecule has 0 fully saturated rings. The molecule has 0 amide bonds. The number of halogens is 1. The molecule has 0 aliphatic heterocycles. The summed E-state index contributed by atoms with van der Waals surface area (Å²) in [5.74, 6) is 1.11. The lowest BCUT2D eigenvalue weighted by Crippen LogP contribution is -2.17. The molecule has 9 heteroatoms. The van der Waals surface area contributed by atoms with Crippen molar-refractivity contribution in [2.45, 2.75) is 6.42 Å². The van der Waals surface area contributed by atoms with Gasteiger partial charge in [0.05, 0.1) is 23.9 Å². The number of rotatable bonds is 6. The summed E-state index contributed by atoms with van der Waals surface area (Å²) >= 11 is 3.37. The highest BCUT2D eigenvalue weighted by Crippen LogP contribution is 2.23. The molecule has 0 bridgehead atoms. The molecule has 3 aromatic rings. The van der Waals surface area contributed by atoms with Crippen molar-refractivity contribution in [2.75, 3.05) is 13.2 Å². The fraction of sp³-hybridized carbons (Fsp3) is 0.357. The maximum atomic E-state index is 11.9. The molecule has 0 aliphatic rings. The van der Waals surface area contributed by atoms with Crippen molar-refractivity contribution in [3.63, 3.8) is 0 Å². The van der Waals surface area contributed by atoms with Crippen molar-refractivity contribution in [1.82, 2.24) is 24.0 Å². The second-order valence-corrected chi connectivity index (χ2v) is 5.85. The van der Waals surface area contributed by atoms with Gasteiger partial charge in [-0.05, 0) is 15.9 Å². The standard InChI is InChI=1S/C14H16BrN5O3/c1-18-4-5-20-11(13(18)21)8-12(17-20)22-6-3-7-23-14-10(15)9-16-19(14)2/h4-5,8-9H,3,6-7H2,1-2H3. The molecule has 0 saturated heterocycles. The van der Waals surface area contributed by atoms with E-state index in [1.54, 1.807) is 36.4 Å². The van der Waals surface area contributed by atoms with Gasteiger partial charge in [-0.3, -0.25) is 4.79 Å². The number of aryl methyl sites for hydroxylation is 2. The van der Waals surface area contributed by atoms with E-state index < -0.39 is 0 Å². The van der Waals surface area contributed by atoms with E-state index in [0.29, 0.717) is 36.9 Å². The average Bonchev–Trinajstić information content (AvgIpc) is 3.08. The van der Waals surface area contributed by atoms with E-state index in [1.807, 2.05) is 7.05 Å². The summed E-state index contributed by atoms with van der Waals surface area (Å²) in [6.07, 6.45) is 5.74. The van der Waals surface area contributed by atoms with Crippen LogP contribution in [-0.2, 0) is 14.1 Å². The van der Waals surface area contributed by atoms with E-state index in [1.165, 1.54) is 9.08 Å². The zero-order chi connectivity index (χ0) is 16.4. The second-order valence-electron chi connectivity index (χ2n) is 5.00. The van der Waals surface area contributed by atoms with Gasteiger partial charge in [0, 0.05) is 39.0 Å². The van der Waals surface area contributed by atoms with Crippen molar-refractivity contribution < 1.29 is 9.47 Å². The third kappa shape index (κ3) is 3.24. The van der Waals surface area contributed by atoms with Crippen molar-refractivity contribution in [3.05, 3.63) is 39.5 Å². The van der Waals surface area contributed by atoms with Crippen LogP contribution in [0.25, 0.3) is 5.52 Å². The number of hydrogen-bond acceptors (Lipinski definition) is 5. The molecule has 0 aliphatic carbocycles. The minimum absolute atomic E-state index is 0.112. The van der Waals surface area contributed by atoms with Crippen LogP contribution < -0.4 is 15.0 Å². The van der Waals surface area contributed by atoms with Gasteiger partial charge in [-0.25, -0.2) is 9.20 Å². The summed E-state index contributed by atoms with van der Waals surface area (Å²) in [5, 5.41) is 8.28.